The van der Waals surface area contributed by atoms with E-state index in [4.69, 9.17) is 4.74 Å². The maximum atomic E-state index is 5.55. The van der Waals surface area contributed by atoms with Gasteiger partial charge in [0.15, 0.2) is 0 Å². The van der Waals surface area contributed by atoms with Gasteiger partial charge in [0.1, 0.15) is 11.6 Å². The summed E-state index contributed by atoms with van der Waals surface area (Å²) in [6.45, 7) is 4.15. The number of nitrogens with zero attached hydrogens (tertiary/aromatic N) is 2. The number of methoxy groups -OCH3 is 1. The molecule has 3 aromatic rings. The van der Waals surface area contributed by atoms with Crippen LogP contribution in [-0.2, 0) is 0 Å². The lowest BCUT2D eigenvalue weighted by Crippen LogP contribution is -1.96. The minimum Gasteiger partial charge on any atom is -0.496 e. The number of aromatic nitrogens is 2. The number of pyridine rings is 1. The van der Waals surface area contributed by atoms with E-state index in [0.717, 1.165) is 28.2 Å². The van der Waals surface area contributed by atoms with Gasteiger partial charge in [0.25, 0.3) is 0 Å². The Labute approximate surface area is 112 Å². The van der Waals surface area contributed by atoms with Crippen molar-refractivity contribution in [3.8, 4) is 17.1 Å². The van der Waals surface area contributed by atoms with Crippen LogP contribution in [0.5, 0.6) is 5.75 Å². The standard InChI is InChI=1S/C16H16N2O/c1-11-8-12(2)15(19-3)14(9-11)16-17-10-13-6-4-5-7-18(13)16/h4-10H,1-3H3. The Kier molecular flexibility index (Phi) is 2.75. The maximum absolute atomic E-state index is 5.55. The van der Waals surface area contributed by atoms with Crippen LogP contribution in [0.25, 0.3) is 16.9 Å². The molecule has 0 unspecified atom stereocenters. The quantitative estimate of drug-likeness (QED) is 0.696. The SMILES string of the molecule is COc1c(C)cc(C)cc1-c1ncc2ccccn12. The molecule has 0 saturated heterocycles. The molecular weight excluding hydrogens is 236 g/mol. The number of imidazole rings is 1. The van der Waals surface area contributed by atoms with Gasteiger partial charge in [-0.25, -0.2) is 4.98 Å². The lowest BCUT2D eigenvalue weighted by atomic mass is 10.0. The van der Waals surface area contributed by atoms with Crippen molar-refractivity contribution in [2.24, 2.45) is 0 Å². The number of fused-ring (bicyclic) bond motifs is 1. The van der Waals surface area contributed by atoms with Crippen LogP contribution in [0.4, 0.5) is 0 Å². The topological polar surface area (TPSA) is 26.5 Å². The molecular formula is C16H16N2O. The first-order chi connectivity index (χ1) is 9.20. The van der Waals surface area contributed by atoms with Crippen LogP contribution in [0.3, 0.4) is 0 Å². The maximum Gasteiger partial charge on any atom is 0.148 e. The molecule has 96 valence electrons. The van der Waals surface area contributed by atoms with Gasteiger partial charge >= 0.3 is 0 Å². The molecule has 0 aliphatic heterocycles. The van der Waals surface area contributed by atoms with E-state index in [2.05, 4.69) is 35.4 Å². The Morgan fingerprint density at radius 2 is 2.00 bits per heavy atom. The van der Waals surface area contributed by atoms with Gasteiger partial charge in [0.05, 0.1) is 24.4 Å². The summed E-state index contributed by atoms with van der Waals surface area (Å²) < 4.78 is 7.63. The second-order valence-electron chi connectivity index (χ2n) is 4.74. The van der Waals surface area contributed by atoms with Crippen molar-refractivity contribution < 1.29 is 4.74 Å². The van der Waals surface area contributed by atoms with Crippen molar-refractivity contribution in [1.29, 1.82) is 0 Å². The van der Waals surface area contributed by atoms with Gasteiger partial charge in [0, 0.05) is 6.20 Å². The van der Waals surface area contributed by atoms with E-state index in [0.29, 0.717) is 0 Å². The minimum absolute atomic E-state index is 0.891. The third-order valence-electron chi connectivity index (χ3n) is 3.30. The predicted molar refractivity (Wildman–Crippen MR) is 76.7 cm³/mol. The number of hydrogen-bond acceptors (Lipinski definition) is 2. The molecule has 1 aromatic carbocycles. The summed E-state index contributed by atoms with van der Waals surface area (Å²) in [6.07, 6.45) is 3.90. The molecule has 0 atom stereocenters. The van der Waals surface area contributed by atoms with Crippen molar-refractivity contribution in [1.82, 2.24) is 9.38 Å². The summed E-state index contributed by atoms with van der Waals surface area (Å²) in [7, 11) is 1.71. The van der Waals surface area contributed by atoms with E-state index < -0.39 is 0 Å². The molecule has 0 amide bonds. The van der Waals surface area contributed by atoms with Crippen LogP contribution < -0.4 is 4.74 Å². The first-order valence-electron chi connectivity index (χ1n) is 6.28. The molecule has 0 spiro atoms. The fourth-order valence-electron chi connectivity index (χ4n) is 2.53. The third-order valence-corrected chi connectivity index (χ3v) is 3.30. The highest BCUT2D eigenvalue weighted by atomic mass is 16.5. The van der Waals surface area contributed by atoms with Crippen molar-refractivity contribution >= 4 is 5.52 Å². The normalized spacial score (nSPS) is 10.9. The number of aryl methyl sites for hydroxylation is 2. The Bertz CT molecular complexity index is 744. The van der Waals surface area contributed by atoms with E-state index in [1.54, 1.807) is 7.11 Å². The zero-order chi connectivity index (χ0) is 13.4. The molecule has 0 fully saturated rings. The molecule has 2 aromatic heterocycles. The van der Waals surface area contributed by atoms with Crippen molar-refractivity contribution in [2.75, 3.05) is 7.11 Å². The minimum atomic E-state index is 0.891. The second-order valence-corrected chi connectivity index (χ2v) is 4.74. The van der Waals surface area contributed by atoms with Crippen LogP contribution in [0.1, 0.15) is 11.1 Å². The van der Waals surface area contributed by atoms with Crippen LogP contribution >= 0.6 is 0 Å². The average Bonchev–Trinajstić information content (AvgIpc) is 2.81. The predicted octanol–water partition coefficient (Wildman–Crippen LogP) is 3.63. The first kappa shape index (κ1) is 11.8. The lowest BCUT2D eigenvalue weighted by Gasteiger charge is -2.12. The molecule has 3 rings (SSSR count). The summed E-state index contributed by atoms with van der Waals surface area (Å²) in [4.78, 5) is 4.54. The van der Waals surface area contributed by atoms with Gasteiger partial charge in [-0.2, -0.15) is 0 Å². The molecule has 0 radical (unpaired) electrons. The zero-order valence-corrected chi connectivity index (χ0v) is 11.3. The Morgan fingerprint density at radius 3 is 2.79 bits per heavy atom. The number of ether oxygens (including phenoxy) is 1. The van der Waals surface area contributed by atoms with E-state index in [1.807, 2.05) is 30.6 Å². The first-order valence-corrected chi connectivity index (χ1v) is 6.28. The van der Waals surface area contributed by atoms with Gasteiger partial charge in [-0.1, -0.05) is 12.1 Å². The zero-order valence-electron chi connectivity index (χ0n) is 11.3. The van der Waals surface area contributed by atoms with Crippen LogP contribution in [0.2, 0.25) is 0 Å². The van der Waals surface area contributed by atoms with E-state index in [9.17, 15) is 0 Å². The highest BCUT2D eigenvalue weighted by Gasteiger charge is 2.14. The van der Waals surface area contributed by atoms with E-state index in [-0.39, 0.29) is 0 Å². The second kappa shape index (κ2) is 4.43. The highest BCUT2D eigenvalue weighted by Crippen LogP contribution is 2.33. The molecule has 3 nitrogen and oxygen atoms in total. The van der Waals surface area contributed by atoms with Crippen LogP contribution in [0, 0.1) is 13.8 Å². The van der Waals surface area contributed by atoms with Crippen molar-refractivity contribution in [2.45, 2.75) is 13.8 Å². The van der Waals surface area contributed by atoms with Crippen LogP contribution in [0.15, 0.2) is 42.7 Å². The van der Waals surface area contributed by atoms with Crippen molar-refractivity contribution in [3.05, 3.63) is 53.9 Å². The van der Waals surface area contributed by atoms with E-state index >= 15 is 0 Å². The number of hydrogen-bond donors (Lipinski definition) is 0. The summed E-state index contributed by atoms with van der Waals surface area (Å²) >= 11 is 0. The monoisotopic (exact) mass is 252 g/mol. The molecule has 0 aliphatic rings. The number of rotatable bonds is 2. The molecule has 2 heterocycles. The highest BCUT2D eigenvalue weighted by molar-refractivity contribution is 5.71. The Morgan fingerprint density at radius 1 is 1.16 bits per heavy atom. The summed E-state index contributed by atoms with van der Waals surface area (Å²) in [6, 6.07) is 10.3. The largest absolute Gasteiger partial charge is 0.496 e. The Balaban J connectivity index is 2.32. The van der Waals surface area contributed by atoms with Gasteiger partial charge in [-0.15, -0.1) is 0 Å². The van der Waals surface area contributed by atoms with E-state index in [1.165, 1.54) is 5.56 Å². The molecule has 0 bridgehead atoms. The average molecular weight is 252 g/mol. The van der Waals surface area contributed by atoms with Crippen LogP contribution in [-0.4, -0.2) is 16.5 Å². The summed E-state index contributed by atoms with van der Waals surface area (Å²) in [5, 5.41) is 0. The van der Waals surface area contributed by atoms with Gasteiger partial charge in [-0.3, -0.25) is 4.40 Å². The molecule has 3 heteroatoms. The molecule has 19 heavy (non-hydrogen) atoms. The number of benzene rings is 1. The van der Waals surface area contributed by atoms with Crippen molar-refractivity contribution in [3.63, 3.8) is 0 Å². The van der Waals surface area contributed by atoms with Gasteiger partial charge in [-0.05, 0) is 43.2 Å². The summed E-state index contributed by atoms with van der Waals surface area (Å²) in [5.74, 6) is 1.81. The van der Waals surface area contributed by atoms with Gasteiger partial charge in [0.2, 0.25) is 0 Å². The smallest absolute Gasteiger partial charge is 0.148 e. The third kappa shape index (κ3) is 1.87. The lowest BCUT2D eigenvalue weighted by molar-refractivity contribution is 0.413. The molecule has 0 saturated carbocycles. The fourth-order valence-corrected chi connectivity index (χ4v) is 2.53. The summed E-state index contributed by atoms with van der Waals surface area (Å²) in [5.41, 5.74) is 4.45. The molecule has 0 N–H and O–H groups in total. The van der Waals surface area contributed by atoms with Gasteiger partial charge < -0.3 is 4.74 Å². The Hall–Kier alpha value is -2.29. The molecule has 0 aliphatic carbocycles. The fraction of sp³-hybridized carbons (Fsp3) is 0.188.